The van der Waals surface area contributed by atoms with Crippen LogP contribution >= 0.6 is 0 Å². The van der Waals surface area contributed by atoms with Gasteiger partial charge in [-0.25, -0.2) is 9.67 Å². The Hall–Kier alpha value is -2.90. The van der Waals surface area contributed by atoms with Crippen LogP contribution < -0.4 is 15.0 Å². The monoisotopic (exact) mass is 355 g/mol. The number of carbonyl (C=O) groups excluding carboxylic acids is 2. The van der Waals surface area contributed by atoms with Crippen LogP contribution in [-0.2, 0) is 11.3 Å². The lowest BCUT2D eigenvalue weighted by atomic mass is 10.1. The number of carbonyl (C=O) groups is 2. The van der Waals surface area contributed by atoms with Gasteiger partial charge >= 0.3 is 0 Å². The van der Waals surface area contributed by atoms with Gasteiger partial charge in [0.2, 0.25) is 5.82 Å². The van der Waals surface area contributed by atoms with Crippen molar-refractivity contribution in [2.24, 2.45) is 0 Å². The number of anilines is 1. The third-order valence-corrected chi connectivity index (χ3v) is 5.02. The summed E-state index contributed by atoms with van der Waals surface area (Å²) < 4.78 is 7.50. The molecule has 136 valence electrons. The number of ether oxygens (including phenoxy) is 1. The predicted molar refractivity (Wildman–Crippen MR) is 94.3 cm³/mol. The molecule has 0 bridgehead atoms. The summed E-state index contributed by atoms with van der Waals surface area (Å²) in [6.07, 6.45) is 1.98. The predicted octanol–water partition coefficient (Wildman–Crippen LogP) is 1.33. The lowest BCUT2D eigenvalue weighted by Crippen LogP contribution is -2.49. The average molecular weight is 355 g/mol. The molecule has 2 amide bonds. The molecule has 2 aliphatic rings. The molecule has 0 saturated carbocycles. The largest absolute Gasteiger partial charge is 0.489 e. The lowest BCUT2D eigenvalue weighted by molar-refractivity contribution is -0.120. The summed E-state index contributed by atoms with van der Waals surface area (Å²) >= 11 is 0. The standard InChI is InChI=1S/C18H21N5O3/c1-3-11-8-9-23-16(11)20-15(21-23)17(24)19-12-10-26-14-7-5-4-6-13(14)22(2)18(12)25/h4-7,11-12H,3,8-10H2,1-2H3,(H,19,24)/t11-,12+/m1/s1. The third kappa shape index (κ3) is 2.71. The van der Waals surface area contributed by atoms with Crippen molar-refractivity contribution in [1.29, 1.82) is 0 Å². The smallest absolute Gasteiger partial charge is 0.291 e. The van der Waals surface area contributed by atoms with Gasteiger partial charge in [0.25, 0.3) is 11.8 Å². The molecule has 4 rings (SSSR count). The van der Waals surface area contributed by atoms with E-state index in [0.717, 1.165) is 25.2 Å². The van der Waals surface area contributed by atoms with Crippen molar-refractivity contribution in [3.63, 3.8) is 0 Å². The molecule has 2 atom stereocenters. The number of aromatic nitrogens is 3. The average Bonchev–Trinajstić information content (AvgIpc) is 3.21. The summed E-state index contributed by atoms with van der Waals surface area (Å²) in [7, 11) is 1.67. The highest BCUT2D eigenvalue weighted by Gasteiger charge is 2.33. The van der Waals surface area contributed by atoms with Crippen LogP contribution in [0.2, 0.25) is 0 Å². The van der Waals surface area contributed by atoms with Gasteiger partial charge in [0.15, 0.2) is 0 Å². The number of likely N-dealkylation sites (N-methyl/N-ethyl adjacent to an activating group) is 1. The van der Waals surface area contributed by atoms with E-state index in [1.807, 2.05) is 18.2 Å². The summed E-state index contributed by atoms with van der Waals surface area (Å²) in [5.41, 5.74) is 0.680. The fourth-order valence-electron chi connectivity index (χ4n) is 3.49. The fourth-order valence-corrected chi connectivity index (χ4v) is 3.49. The normalized spacial score (nSPS) is 21.6. The van der Waals surface area contributed by atoms with Gasteiger partial charge in [-0.2, -0.15) is 0 Å². The van der Waals surface area contributed by atoms with Crippen molar-refractivity contribution in [3.8, 4) is 5.75 Å². The van der Waals surface area contributed by atoms with E-state index in [1.54, 1.807) is 17.8 Å². The number of benzene rings is 1. The molecule has 1 N–H and O–H groups in total. The highest BCUT2D eigenvalue weighted by molar-refractivity contribution is 6.02. The summed E-state index contributed by atoms with van der Waals surface area (Å²) in [4.78, 5) is 31.2. The molecule has 2 aliphatic heterocycles. The van der Waals surface area contributed by atoms with Gasteiger partial charge in [-0.05, 0) is 25.0 Å². The molecule has 1 aromatic carbocycles. The molecule has 0 radical (unpaired) electrons. The minimum absolute atomic E-state index is 0.0665. The Balaban J connectivity index is 1.51. The number of rotatable bonds is 3. The lowest BCUT2D eigenvalue weighted by Gasteiger charge is -2.19. The number of fused-ring (bicyclic) bond motifs is 2. The Morgan fingerprint density at radius 3 is 3.00 bits per heavy atom. The first kappa shape index (κ1) is 16.6. The van der Waals surface area contributed by atoms with Gasteiger partial charge < -0.3 is 15.0 Å². The third-order valence-electron chi connectivity index (χ3n) is 5.02. The van der Waals surface area contributed by atoms with Gasteiger partial charge in [0.1, 0.15) is 24.2 Å². The molecule has 8 heteroatoms. The summed E-state index contributed by atoms with van der Waals surface area (Å²) in [6, 6.07) is 6.50. The maximum atomic E-state index is 12.7. The number of nitrogens with zero attached hydrogens (tertiary/aromatic N) is 4. The van der Waals surface area contributed by atoms with Gasteiger partial charge in [-0.15, -0.1) is 5.10 Å². The number of hydrogen-bond acceptors (Lipinski definition) is 5. The second-order valence-corrected chi connectivity index (χ2v) is 6.61. The van der Waals surface area contributed by atoms with Gasteiger partial charge in [-0.1, -0.05) is 19.1 Å². The molecular weight excluding hydrogens is 334 g/mol. The van der Waals surface area contributed by atoms with E-state index >= 15 is 0 Å². The zero-order valence-electron chi connectivity index (χ0n) is 14.8. The van der Waals surface area contributed by atoms with E-state index in [9.17, 15) is 9.59 Å². The van der Waals surface area contributed by atoms with Crippen LogP contribution in [0.3, 0.4) is 0 Å². The summed E-state index contributed by atoms with van der Waals surface area (Å²) in [6.45, 7) is 2.94. The van der Waals surface area contributed by atoms with Crippen molar-refractivity contribution in [3.05, 3.63) is 35.9 Å². The molecule has 0 unspecified atom stereocenters. The van der Waals surface area contributed by atoms with E-state index in [-0.39, 0.29) is 18.3 Å². The van der Waals surface area contributed by atoms with Crippen molar-refractivity contribution >= 4 is 17.5 Å². The Labute approximate surface area is 151 Å². The minimum Gasteiger partial charge on any atom is -0.489 e. The van der Waals surface area contributed by atoms with Crippen LogP contribution in [0.5, 0.6) is 5.75 Å². The first-order valence-electron chi connectivity index (χ1n) is 8.83. The maximum absolute atomic E-state index is 12.7. The number of hydrogen-bond donors (Lipinski definition) is 1. The van der Waals surface area contributed by atoms with Crippen LogP contribution in [0.25, 0.3) is 0 Å². The molecule has 0 saturated heterocycles. The van der Waals surface area contributed by atoms with Crippen molar-refractivity contribution in [2.45, 2.75) is 38.3 Å². The minimum atomic E-state index is -0.791. The molecule has 8 nitrogen and oxygen atoms in total. The molecule has 1 aromatic heterocycles. The van der Waals surface area contributed by atoms with E-state index in [0.29, 0.717) is 17.4 Å². The van der Waals surface area contributed by atoms with Crippen LogP contribution in [0.15, 0.2) is 24.3 Å². The number of amides is 2. The van der Waals surface area contributed by atoms with Crippen molar-refractivity contribution in [2.75, 3.05) is 18.6 Å². The summed E-state index contributed by atoms with van der Waals surface area (Å²) in [5, 5.41) is 7.01. The zero-order chi connectivity index (χ0) is 18.3. The van der Waals surface area contributed by atoms with Crippen LogP contribution in [0.1, 0.15) is 42.1 Å². The SMILES string of the molecule is CC[C@@H]1CCn2nc(C(=O)N[C@H]3COc4ccccc4N(C)C3=O)nc21. The molecule has 0 fully saturated rings. The highest BCUT2D eigenvalue weighted by atomic mass is 16.5. The number of aryl methyl sites for hydroxylation is 1. The van der Waals surface area contributed by atoms with Gasteiger partial charge in [-0.3, -0.25) is 9.59 Å². The van der Waals surface area contributed by atoms with Crippen molar-refractivity contribution < 1.29 is 14.3 Å². The van der Waals surface area contributed by atoms with Crippen LogP contribution in [0.4, 0.5) is 5.69 Å². The zero-order valence-corrected chi connectivity index (χ0v) is 14.8. The molecule has 0 aliphatic carbocycles. The van der Waals surface area contributed by atoms with Crippen molar-refractivity contribution in [1.82, 2.24) is 20.1 Å². The Bertz CT molecular complexity index is 862. The Morgan fingerprint density at radius 2 is 2.19 bits per heavy atom. The Kier molecular flexibility index (Phi) is 4.10. The van der Waals surface area contributed by atoms with E-state index in [2.05, 4.69) is 22.3 Å². The second kappa shape index (κ2) is 6.44. The highest BCUT2D eigenvalue weighted by Crippen LogP contribution is 2.30. The summed E-state index contributed by atoms with van der Waals surface area (Å²) in [5.74, 6) is 1.23. The van der Waals surface area contributed by atoms with Gasteiger partial charge in [0, 0.05) is 19.5 Å². The van der Waals surface area contributed by atoms with E-state index in [4.69, 9.17) is 4.74 Å². The molecular formula is C18H21N5O3. The van der Waals surface area contributed by atoms with Gasteiger partial charge in [0.05, 0.1) is 5.69 Å². The molecule has 26 heavy (non-hydrogen) atoms. The fraction of sp³-hybridized carbons (Fsp3) is 0.444. The first-order valence-corrected chi connectivity index (χ1v) is 8.83. The number of para-hydroxylation sites is 2. The Morgan fingerprint density at radius 1 is 1.38 bits per heavy atom. The molecule has 2 aromatic rings. The number of nitrogens with one attached hydrogen (secondary N) is 1. The second-order valence-electron chi connectivity index (χ2n) is 6.61. The molecule has 0 spiro atoms. The first-order chi connectivity index (χ1) is 12.6. The van der Waals surface area contributed by atoms with Crippen LogP contribution in [0, 0.1) is 0 Å². The van der Waals surface area contributed by atoms with E-state index in [1.165, 1.54) is 4.90 Å². The molecule has 3 heterocycles. The van der Waals surface area contributed by atoms with E-state index < -0.39 is 11.9 Å². The van der Waals surface area contributed by atoms with Crippen LogP contribution in [-0.4, -0.2) is 46.3 Å². The quantitative estimate of drug-likeness (QED) is 0.897. The topological polar surface area (TPSA) is 89.4 Å². The maximum Gasteiger partial charge on any atom is 0.291 e.